The normalized spacial score (nSPS) is 12.4. The minimum atomic E-state index is 0.412. The SMILES string of the molecule is NC(=NC(=NCc1ccccc1)c1ccccc1)c1cccc(-n2c3ccccc3c3cc4c5ccccc5n(-c5ccccc5)c4cc32)c1. The molecule has 5 nitrogen and oxygen atoms in total. The van der Waals surface area contributed by atoms with Gasteiger partial charge in [0.05, 0.1) is 28.6 Å². The third-order valence-corrected chi connectivity index (χ3v) is 9.39. The zero-order valence-corrected chi connectivity index (χ0v) is 27.3. The van der Waals surface area contributed by atoms with E-state index in [1.807, 2.05) is 54.6 Å². The van der Waals surface area contributed by atoms with E-state index in [9.17, 15) is 0 Å². The molecule has 50 heavy (non-hydrogen) atoms. The lowest BCUT2D eigenvalue weighted by Crippen LogP contribution is -2.17. The molecular formula is C45H33N5. The van der Waals surface area contributed by atoms with E-state index in [0.717, 1.165) is 44.6 Å². The molecule has 2 aromatic heterocycles. The quantitative estimate of drug-likeness (QED) is 0.142. The first-order valence-corrected chi connectivity index (χ1v) is 16.8. The van der Waals surface area contributed by atoms with Crippen molar-refractivity contribution < 1.29 is 0 Å². The average molecular weight is 644 g/mol. The van der Waals surface area contributed by atoms with Crippen molar-refractivity contribution in [2.24, 2.45) is 15.7 Å². The van der Waals surface area contributed by atoms with Crippen LogP contribution in [-0.4, -0.2) is 20.8 Å². The molecule has 0 amide bonds. The summed E-state index contributed by atoms with van der Waals surface area (Å²) in [5.41, 5.74) is 16.4. The van der Waals surface area contributed by atoms with Gasteiger partial charge in [0.15, 0.2) is 5.84 Å². The topological polar surface area (TPSA) is 60.6 Å². The van der Waals surface area contributed by atoms with Gasteiger partial charge >= 0.3 is 0 Å². The molecule has 0 saturated carbocycles. The smallest absolute Gasteiger partial charge is 0.157 e. The molecule has 238 valence electrons. The number of nitrogens with two attached hydrogens (primary N) is 1. The molecule has 9 rings (SSSR count). The Bertz CT molecular complexity index is 2720. The third kappa shape index (κ3) is 5.13. The van der Waals surface area contributed by atoms with Crippen LogP contribution in [0.2, 0.25) is 0 Å². The van der Waals surface area contributed by atoms with Crippen molar-refractivity contribution in [2.45, 2.75) is 6.54 Å². The van der Waals surface area contributed by atoms with E-state index in [2.05, 4.69) is 130 Å². The number of aromatic nitrogens is 2. The fourth-order valence-electron chi connectivity index (χ4n) is 7.08. The molecule has 0 atom stereocenters. The Hall–Kier alpha value is -6.72. The average Bonchev–Trinajstić information content (AvgIpc) is 3.68. The number of fused-ring (bicyclic) bond motifs is 6. The predicted molar refractivity (Wildman–Crippen MR) is 209 cm³/mol. The molecule has 0 radical (unpaired) electrons. The number of benzene rings is 7. The van der Waals surface area contributed by atoms with Crippen LogP contribution < -0.4 is 5.73 Å². The van der Waals surface area contributed by atoms with E-state index in [1.165, 1.54) is 27.1 Å². The van der Waals surface area contributed by atoms with Crippen LogP contribution in [0.3, 0.4) is 0 Å². The number of nitrogens with zero attached hydrogens (tertiary/aromatic N) is 4. The Labute approximate surface area is 289 Å². The van der Waals surface area contributed by atoms with E-state index in [4.69, 9.17) is 15.7 Å². The highest BCUT2D eigenvalue weighted by Gasteiger charge is 2.18. The van der Waals surface area contributed by atoms with Crippen molar-refractivity contribution in [3.05, 3.63) is 193 Å². The first-order chi connectivity index (χ1) is 24.7. The van der Waals surface area contributed by atoms with Gasteiger partial charge in [0, 0.05) is 44.0 Å². The van der Waals surface area contributed by atoms with Gasteiger partial charge in [0.2, 0.25) is 0 Å². The summed E-state index contributed by atoms with van der Waals surface area (Å²) < 4.78 is 4.71. The van der Waals surface area contributed by atoms with E-state index in [0.29, 0.717) is 18.2 Å². The molecule has 0 aliphatic carbocycles. The third-order valence-electron chi connectivity index (χ3n) is 9.39. The van der Waals surface area contributed by atoms with Crippen molar-refractivity contribution in [1.82, 2.24) is 9.13 Å². The van der Waals surface area contributed by atoms with Crippen LogP contribution in [0, 0.1) is 0 Å². The van der Waals surface area contributed by atoms with Gasteiger partial charge in [-0.25, -0.2) is 4.99 Å². The molecule has 0 aliphatic rings. The van der Waals surface area contributed by atoms with Crippen LogP contribution in [0.5, 0.6) is 0 Å². The van der Waals surface area contributed by atoms with Gasteiger partial charge in [0.25, 0.3) is 0 Å². The summed E-state index contributed by atoms with van der Waals surface area (Å²) in [5, 5.41) is 4.87. The van der Waals surface area contributed by atoms with Gasteiger partial charge in [0.1, 0.15) is 5.84 Å². The lowest BCUT2D eigenvalue weighted by Gasteiger charge is -2.12. The monoisotopic (exact) mass is 643 g/mol. The van der Waals surface area contributed by atoms with Crippen LogP contribution in [0.15, 0.2) is 186 Å². The van der Waals surface area contributed by atoms with E-state index >= 15 is 0 Å². The first-order valence-electron chi connectivity index (χ1n) is 16.8. The van der Waals surface area contributed by atoms with E-state index < -0.39 is 0 Å². The second-order valence-electron chi connectivity index (χ2n) is 12.5. The van der Waals surface area contributed by atoms with Crippen LogP contribution in [0.1, 0.15) is 16.7 Å². The number of amidine groups is 2. The van der Waals surface area contributed by atoms with Crippen molar-refractivity contribution >= 4 is 55.3 Å². The van der Waals surface area contributed by atoms with Gasteiger partial charge in [-0.1, -0.05) is 127 Å². The molecule has 0 saturated heterocycles. The summed E-state index contributed by atoms with van der Waals surface area (Å²) in [6.45, 7) is 0.511. The maximum Gasteiger partial charge on any atom is 0.157 e. The van der Waals surface area contributed by atoms with Crippen molar-refractivity contribution in [1.29, 1.82) is 0 Å². The Kier molecular flexibility index (Phi) is 7.29. The Balaban J connectivity index is 1.22. The highest BCUT2D eigenvalue weighted by molar-refractivity contribution is 6.19. The molecule has 5 heteroatoms. The van der Waals surface area contributed by atoms with Crippen molar-refractivity contribution in [3.8, 4) is 11.4 Å². The van der Waals surface area contributed by atoms with Gasteiger partial charge in [-0.2, -0.15) is 0 Å². The molecule has 7 aromatic carbocycles. The minimum absolute atomic E-state index is 0.412. The summed E-state index contributed by atoms with van der Waals surface area (Å²) >= 11 is 0. The van der Waals surface area contributed by atoms with Crippen LogP contribution in [-0.2, 0) is 6.54 Å². The molecule has 0 spiro atoms. The molecule has 9 aromatic rings. The molecule has 0 unspecified atom stereocenters. The minimum Gasteiger partial charge on any atom is -0.383 e. The number of aliphatic imine (C=N–C) groups is 2. The summed E-state index contributed by atoms with van der Waals surface area (Å²) in [6, 6.07) is 61.1. The zero-order valence-electron chi connectivity index (χ0n) is 27.3. The maximum absolute atomic E-state index is 6.81. The van der Waals surface area contributed by atoms with Gasteiger partial charge in [-0.3, -0.25) is 4.99 Å². The molecule has 2 N–H and O–H groups in total. The Morgan fingerprint density at radius 3 is 1.62 bits per heavy atom. The summed E-state index contributed by atoms with van der Waals surface area (Å²) in [4.78, 5) is 9.83. The number of rotatable bonds is 6. The molecular weight excluding hydrogens is 611 g/mol. The lowest BCUT2D eigenvalue weighted by atomic mass is 10.1. The Morgan fingerprint density at radius 1 is 0.440 bits per heavy atom. The van der Waals surface area contributed by atoms with E-state index in [-0.39, 0.29) is 0 Å². The zero-order chi connectivity index (χ0) is 33.4. The van der Waals surface area contributed by atoms with Crippen molar-refractivity contribution in [2.75, 3.05) is 0 Å². The van der Waals surface area contributed by atoms with Gasteiger partial charge in [-0.05, 0) is 54.1 Å². The molecule has 0 bridgehead atoms. The second kappa shape index (κ2) is 12.4. The summed E-state index contributed by atoms with van der Waals surface area (Å²) in [6.07, 6.45) is 0. The fraction of sp³-hybridized carbons (Fsp3) is 0.0222. The lowest BCUT2D eigenvalue weighted by molar-refractivity contribution is 1.06. The standard InChI is InChI=1S/C45H33N5/c46-44(48-45(32-17-6-2-7-18-32)47-30-31-15-4-1-5-16-31)33-19-14-22-35(27-33)50-41-26-13-11-24-37(41)39-28-38-36-23-10-12-25-40(36)49(42(38)29-43(39)50)34-20-8-3-9-21-34/h1-29H,30H2,(H2,46,47,48). The fourth-order valence-corrected chi connectivity index (χ4v) is 7.08. The largest absolute Gasteiger partial charge is 0.383 e. The predicted octanol–water partition coefficient (Wildman–Crippen LogP) is 10.2. The van der Waals surface area contributed by atoms with E-state index in [1.54, 1.807) is 0 Å². The number of hydrogen-bond acceptors (Lipinski definition) is 1. The summed E-state index contributed by atoms with van der Waals surface area (Å²) in [7, 11) is 0. The number of hydrogen-bond donors (Lipinski definition) is 1. The molecule has 0 fully saturated rings. The van der Waals surface area contributed by atoms with Gasteiger partial charge in [-0.15, -0.1) is 0 Å². The highest BCUT2D eigenvalue weighted by Crippen LogP contribution is 2.39. The number of para-hydroxylation sites is 3. The Morgan fingerprint density at radius 2 is 0.960 bits per heavy atom. The molecule has 2 heterocycles. The van der Waals surface area contributed by atoms with Crippen LogP contribution in [0.25, 0.3) is 55.0 Å². The van der Waals surface area contributed by atoms with Crippen LogP contribution >= 0.6 is 0 Å². The van der Waals surface area contributed by atoms with Gasteiger partial charge < -0.3 is 14.9 Å². The van der Waals surface area contributed by atoms with Crippen molar-refractivity contribution in [3.63, 3.8) is 0 Å². The second-order valence-corrected chi connectivity index (χ2v) is 12.5. The van der Waals surface area contributed by atoms with Crippen LogP contribution in [0.4, 0.5) is 0 Å². The maximum atomic E-state index is 6.81. The summed E-state index contributed by atoms with van der Waals surface area (Å²) in [5.74, 6) is 1.01. The molecule has 0 aliphatic heterocycles. The first kappa shape index (κ1) is 29.4. The highest BCUT2D eigenvalue weighted by atomic mass is 15.0.